The standard InChI is InChI=1S/C11H21N3/c1-10(7-12)8-13-11(2)9-14-5-3-4-6-14/h10-11,13H,3-6,8-9H2,1-2H3. The van der Waals surface area contributed by atoms with E-state index in [2.05, 4.69) is 23.2 Å². The summed E-state index contributed by atoms with van der Waals surface area (Å²) in [4.78, 5) is 2.49. The molecule has 0 radical (unpaired) electrons. The fraction of sp³-hybridized carbons (Fsp3) is 0.909. The number of nitriles is 1. The first-order valence-corrected chi connectivity index (χ1v) is 5.57. The van der Waals surface area contributed by atoms with Crippen LogP contribution < -0.4 is 5.32 Å². The quantitative estimate of drug-likeness (QED) is 0.717. The number of nitrogens with one attached hydrogen (secondary N) is 1. The third kappa shape index (κ3) is 4.08. The third-order valence-electron chi connectivity index (χ3n) is 2.72. The molecule has 1 heterocycles. The molecule has 0 aromatic carbocycles. The van der Waals surface area contributed by atoms with Crippen LogP contribution in [0.25, 0.3) is 0 Å². The van der Waals surface area contributed by atoms with Crippen molar-refractivity contribution in [1.29, 1.82) is 5.26 Å². The highest BCUT2D eigenvalue weighted by Crippen LogP contribution is 2.07. The molecule has 1 N–H and O–H groups in total. The summed E-state index contributed by atoms with van der Waals surface area (Å²) in [5.41, 5.74) is 0. The van der Waals surface area contributed by atoms with Gasteiger partial charge in [-0.15, -0.1) is 0 Å². The van der Waals surface area contributed by atoms with Gasteiger partial charge in [-0.1, -0.05) is 0 Å². The lowest BCUT2D eigenvalue weighted by Gasteiger charge is -2.21. The fourth-order valence-electron chi connectivity index (χ4n) is 1.84. The van der Waals surface area contributed by atoms with Gasteiger partial charge in [-0.25, -0.2) is 0 Å². The van der Waals surface area contributed by atoms with E-state index < -0.39 is 0 Å². The maximum Gasteiger partial charge on any atom is 0.0666 e. The first-order valence-electron chi connectivity index (χ1n) is 5.57. The maximum absolute atomic E-state index is 8.63. The highest BCUT2D eigenvalue weighted by Gasteiger charge is 2.14. The van der Waals surface area contributed by atoms with Crippen molar-refractivity contribution in [2.75, 3.05) is 26.2 Å². The van der Waals surface area contributed by atoms with Gasteiger partial charge in [0.25, 0.3) is 0 Å². The van der Waals surface area contributed by atoms with Crippen molar-refractivity contribution in [1.82, 2.24) is 10.2 Å². The van der Waals surface area contributed by atoms with E-state index in [0.29, 0.717) is 6.04 Å². The summed E-state index contributed by atoms with van der Waals surface area (Å²) in [6, 6.07) is 2.74. The fourth-order valence-corrected chi connectivity index (χ4v) is 1.84. The van der Waals surface area contributed by atoms with Gasteiger partial charge in [0, 0.05) is 19.1 Å². The van der Waals surface area contributed by atoms with Crippen molar-refractivity contribution < 1.29 is 0 Å². The smallest absolute Gasteiger partial charge is 0.0666 e. The van der Waals surface area contributed by atoms with E-state index in [0.717, 1.165) is 13.1 Å². The van der Waals surface area contributed by atoms with E-state index in [9.17, 15) is 0 Å². The van der Waals surface area contributed by atoms with Gasteiger partial charge in [0.05, 0.1) is 12.0 Å². The predicted octanol–water partition coefficient (Wildman–Crippen LogP) is 1.22. The third-order valence-corrected chi connectivity index (χ3v) is 2.72. The molecule has 1 rings (SSSR count). The Balaban J connectivity index is 2.09. The van der Waals surface area contributed by atoms with Crippen LogP contribution >= 0.6 is 0 Å². The summed E-state index contributed by atoms with van der Waals surface area (Å²) in [6.45, 7) is 8.58. The van der Waals surface area contributed by atoms with Crippen molar-refractivity contribution >= 4 is 0 Å². The first kappa shape index (κ1) is 11.5. The zero-order valence-electron chi connectivity index (χ0n) is 9.29. The average Bonchev–Trinajstić information content (AvgIpc) is 2.66. The van der Waals surface area contributed by atoms with Crippen molar-refractivity contribution in [3.8, 4) is 6.07 Å². The number of nitrogens with zero attached hydrogens (tertiary/aromatic N) is 2. The number of rotatable bonds is 5. The summed E-state index contributed by atoms with van der Waals surface area (Å²) in [7, 11) is 0. The number of hydrogen-bond acceptors (Lipinski definition) is 3. The topological polar surface area (TPSA) is 39.1 Å². The van der Waals surface area contributed by atoms with Crippen LogP contribution in [-0.4, -0.2) is 37.1 Å². The highest BCUT2D eigenvalue weighted by atomic mass is 15.2. The molecule has 0 spiro atoms. The Bertz CT molecular complexity index is 191. The van der Waals surface area contributed by atoms with Gasteiger partial charge in [-0.05, 0) is 39.8 Å². The molecule has 2 unspecified atom stereocenters. The largest absolute Gasteiger partial charge is 0.312 e. The molecular weight excluding hydrogens is 174 g/mol. The summed E-state index contributed by atoms with van der Waals surface area (Å²) < 4.78 is 0. The summed E-state index contributed by atoms with van der Waals surface area (Å²) in [5.74, 6) is 0.121. The monoisotopic (exact) mass is 195 g/mol. The zero-order valence-corrected chi connectivity index (χ0v) is 9.29. The van der Waals surface area contributed by atoms with Crippen LogP contribution in [-0.2, 0) is 0 Å². The lowest BCUT2D eigenvalue weighted by Crippen LogP contribution is -2.39. The molecule has 0 bridgehead atoms. The van der Waals surface area contributed by atoms with Gasteiger partial charge in [0.15, 0.2) is 0 Å². The molecule has 0 aromatic rings. The molecule has 3 nitrogen and oxygen atoms in total. The van der Waals surface area contributed by atoms with Crippen molar-refractivity contribution in [3.05, 3.63) is 0 Å². The predicted molar refractivity (Wildman–Crippen MR) is 57.9 cm³/mol. The molecule has 80 valence electrons. The highest BCUT2D eigenvalue weighted by molar-refractivity contribution is 4.82. The average molecular weight is 195 g/mol. The Morgan fingerprint density at radius 2 is 2.00 bits per heavy atom. The molecule has 2 atom stereocenters. The van der Waals surface area contributed by atoms with Gasteiger partial charge in [0.2, 0.25) is 0 Å². The molecule has 0 saturated carbocycles. The van der Waals surface area contributed by atoms with Crippen LogP contribution in [0.3, 0.4) is 0 Å². The summed E-state index contributed by atoms with van der Waals surface area (Å²) >= 11 is 0. The van der Waals surface area contributed by atoms with Gasteiger partial charge in [0.1, 0.15) is 0 Å². The molecule has 0 aromatic heterocycles. The van der Waals surface area contributed by atoms with Crippen LogP contribution in [0.2, 0.25) is 0 Å². The Morgan fingerprint density at radius 3 is 2.57 bits per heavy atom. The van der Waals surface area contributed by atoms with Gasteiger partial charge >= 0.3 is 0 Å². The van der Waals surface area contributed by atoms with Crippen molar-refractivity contribution in [3.63, 3.8) is 0 Å². The Labute approximate surface area is 87.1 Å². The van der Waals surface area contributed by atoms with Gasteiger partial charge < -0.3 is 10.2 Å². The summed E-state index contributed by atoms with van der Waals surface area (Å²) in [5, 5.41) is 12.0. The van der Waals surface area contributed by atoms with E-state index in [1.807, 2.05) is 6.92 Å². The molecule has 0 amide bonds. The molecule has 1 aliphatic rings. The van der Waals surface area contributed by atoms with Crippen LogP contribution in [0.4, 0.5) is 0 Å². The number of hydrogen-bond donors (Lipinski definition) is 1. The van der Waals surface area contributed by atoms with Crippen LogP contribution in [0.1, 0.15) is 26.7 Å². The molecule has 1 saturated heterocycles. The molecular formula is C11H21N3. The van der Waals surface area contributed by atoms with E-state index in [-0.39, 0.29) is 5.92 Å². The van der Waals surface area contributed by atoms with Crippen molar-refractivity contribution in [2.24, 2.45) is 5.92 Å². The Morgan fingerprint density at radius 1 is 1.36 bits per heavy atom. The lowest BCUT2D eigenvalue weighted by molar-refractivity contribution is 0.296. The van der Waals surface area contributed by atoms with Gasteiger partial charge in [-0.2, -0.15) is 5.26 Å². The Hall–Kier alpha value is -0.590. The van der Waals surface area contributed by atoms with Crippen molar-refractivity contribution in [2.45, 2.75) is 32.7 Å². The van der Waals surface area contributed by atoms with E-state index >= 15 is 0 Å². The lowest BCUT2D eigenvalue weighted by atomic mass is 10.2. The van der Waals surface area contributed by atoms with E-state index in [1.165, 1.54) is 25.9 Å². The molecule has 1 fully saturated rings. The molecule has 0 aliphatic carbocycles. The minimum atomic E-state index is 0.121. The minimum Gasteiger partial charge on any atom is -0.312 e. The van der Waals surface area contributed by atoms with Gasteiger partial charge in [-0.3, -0.25) is 0 Å². The zero-order chi connectivity index (χ0) is 10.4. The number of likely N-dealkylation sites (tertiary alicyclic amines) is 1. The minimum absolute atomic E-state index is 0.121. The SMILES string of the molecule is CC(C#N)CNC(C)CN1CCCC1. The normalized spacial score (nSPS) is 21.8. The van der Waals surface area contributed by atoms with Crippen LogP contribution in [0.5, 0.6) is 0 Å². The second-order valence-electron chi connectivity index (χ2n) is 4.35. The maximum atomic E-state index is 8.63. The summed E-state index contributed by atoms with van der Waals surface area (Å²) in [6.07, 6.45) is 2.70. The Kier molecular flexibility index (Phi) is 4.92. The first-order chi connectivity index (χ1) is 6.72. The second kappa shape index (κ2) is 6.00. The molecule has 14 heavy (non-hydrogen) atoms. The second-order valence-corrected chi connectivity index (χ2v) is 4.35. The van der Waals surface area contributed by atoms with E-state index in [1.54, 1.807) is 0 Å². The van der Waals surface area contributed by atoms with E-state index in [4.69, 9.17) is 5.26 Å². The molecule has 3 heteroatoms. The van der Waals surface area contributed by atoms with Crippen LogP contribution in [0.15, 0.2) is 0 Å². The van der Waals surface area contributed by atoms with Crippen LogP contribution in [0, 0.1) is 17.2 Å². The molecule has 1 aliphatic heterocycles.